The largest absolute Gasteiger partial charge is 0.450 e. The molecule has 0 spiro atoms. The number of Topliss-reactive ketones (excluding diaryl/α,β-unsaturated/α-hetero) is 1. The predicted molar refractivity (Wildman–Crippen MR) is 80.5 cm³/mol. The molecule has 0 saturated heterocycles. The van der Waals surface area contributed by atoms with Crippen LogP contribution in [0.4, 0.5) is 5.69 Å². The number of allylic oxidation sites excluding steroid dienone is 6. The lowest BCUT2D eigenvalue weighted by atomic mass is 10.1. The summed E-state index contributed by atoms with van der Waals surface area (Å²) in [5, 5.41) is 0.776. The minimum atomic E-state index is -0.186. The van der Waals surface area contributed by atoms with E-state index in [4.69, 9.17) is 10.2 Å². The number of carbonyl (C=O) groups excluding carboxylic acids is 1. The number of nitrogen functional groups attached to an aromatic ring is 1. The van der Waals surface area contributed by atoms with Crippen LogP contribution in [0.15, 0.2) is 64.6 Å². The molecule has 1 aromatic carbocycles. The summed E-state index contributed by atoms with van der Waals surface area (Å²) in [5.41, 5.74) is 7.65. The van der Waals surface area contributed by atoms with E-state index < -0.39 is 0 Å². The second kappa shape index (κ2) is 4.85. The number of nitrogens with two attached hydrogens (primary N) is 1. The third-order valence-electron chi connectivity index (χ3n) is 3.37. The van der Waals surface area contributed by atoms with E-state index in [1.165, 1.54) is 0 Å². The molecular weight excluding hydrogens is 250 g/mol. The Morgan fingerprint density at radius 3 is 2.85 bits per heavy atom. The maximum atomic E-state index is 12.5. The highest BCUT2D eigenvalue weighted by Crippen LogP contribution is 2.30. The highest BCUT2D eigenvalue weighted by molar-refractivity contribution is 6.15. The number of hydrogen-bond acceptors (Lipinski definition) is 3. The highest BCUT2D eigenvalue weighted by atomic mass is 16.3. The van der Waals surface area contributed by atoms with Gasteiger partial charge in [0.2, 0.25) is 5.78 Å². The zero-order chi connectivity index (χ0) is 14.1. The number of para-hydroxylation sites is 1. The van der Waals surface area contributed by atoms with E-state index >= 15 is 0 Å². The minimum Gasteiger partial charge on any atom is -0.450 e. The van der Waals surface area contributed by atoms with Crippen molar-refractivity contribution >= 4 is 22.4 Å². The first-order valence-corrected chi connectivity index (χ1v) is 6.55. The van der Waals surface area contributed by atoms with Crippen molar-refractivity contribution in [2.24, 2.45) is 5.92 Å². The van der Waals surface area contributed by atoms with Crippen molar-refractivity contribution in [3.05, 3.63) is 66.0 Å². The molecule has 0 radical (unpaired) electrons. The van der Waals surface area contributed by atoms with Crippen molar-refractivity contribution in [3.63, 3.8) is 0 Å². The lowest BCUT2D eigenvalue weighted by Crippen LogP contribution is -2.03. The van der Waals surface area contributed by atoms with Gasteiger partial charge in [-0.1, -0.05) is 49.4 Å². The van der Waals surface area contributed by atoms with E-state index in [0.29, 0.717) is 22.8 Å². The first kappa shape index (κ1) is 12.5. The van der Waals surface area contributed by atoms with Crippen LogP contribution in [0.25, 0.3) is 11.0 Å². The summed E-state index contributed by atoms with van der Waals surface area (Å²) in [6.45, 7) is 2.06. The maximum absolute atomic E-state index is 12.5. The van der Waals surface area contributed by atoms with E-state index in [9.17, 15) is 4.79 Å². The second-order valence-corrected chi connectivity index (χ2v) is 4.90. The summed E-state index contributed by atoms with van der Waals surface area (Å²) in [7, 11) is 0. The zero-order valence-corrected chi connectivity index (χ0v) is 11.2. The third kappa shape index (κ3) is 2.07. The number of rotatable bonds is 2. The van der Waals surface area contributed by atoms with Crippen LogP contribution < -0.4 is 5.73 Å². The second-order valence-electron chi connectivity index (χ2n) is 4.90. The highest BCUT2D eigenvalue weighted by Gasteiger charge is 2.20. The van der Waals surface area contributed by atoms with Gasteiger partial charge in [-0.3, -0.25) is 4.79 Å². The van der Waals surface area contributed by atoms with Gasteiger partial charge in [0.1, 0.15) is 5.58 Å². The van der Waals surface area contributed by atoms with Crippen LogP contribution in [0.3, 0.4) is 0 Å². The quantitative estimate of drug-likeness (QED) is 0.838. The van der Waals surface area contributed by atoms with Gasteiger partial charge in [-0.05, 0) is 18.1 Å². The van der Waals surface area contributed by atoms with Gasteiger partial charge in [0, 0.05) is 11.0 Å². The van der Waals surface area contributed by atoms with Gasteiger partial charge < -0.3 is 10.2 Å². The zero-order valence-electron chi connectivity index (χ0n) is 11.2. The molecular formula is C17H15NO2. The number of anilines is 1. The Hall–Kier alpha value is -2.55. The van der Waals surface area contributed by atoms with Gasteiger partial charge in [-0.25, -0.2) is 0 Å². The average Bonchev–Trinajstić information content (AvgIpc) is 2.64. The SMILES string of the molecule is CC1C=CC=C(C(=O)c2oc3ccccc3c2N)C=C1. The summed E-state index contributed by atoms with van der Waals surface area (Å²) in [5.74, 6) is 0.336. The summed E-state index contributed by atoms with van der Waals surface area (Å²) in [4.78, 5) is 12.5. The molecule has 2 aromatic rings. The lowest BCUT2D eigenvalue weighted by Gasteiger charge is -1.99. The standard InChI is InChI=1S/C17H15NO2/c1-11-5-4-6-12(10-9-11)16(19)17-15(18)13-7-2-3-8-14(13)20-17/h2-11H,18H2,1H3. The summed E-state index contributed by atoms with van der Waals surface area (Å²) in [6.07, 6.45) is 9.50. The van der Waals surface area contributed by atoms with Crippen molar-refractivity contribution < 1.29 is 9.21 Å². The van der Waals surface area contributed by atoms with E-state index in [-0.39, 0.29) is 11.5 Å². The molecule has 3 rings (SSSR count). The predicted octanol–water partition coefficient (Wildman–Crippen LogP) is 3.89. The number of benzene rings is 1. The fourth-order valence-corrected chi connectivity index (χ4v) is 2.23. The molecule has 0 aliphatic heterocycles. The van der Waals surface area contributed by atoms with Gasteiger partial charge in [0.25, 0.3) is 0 Å². The molecule has 20 heavy (non-hydrogen) atoms. The van der Waals surface area contributed by atoms with Gasteiger partial charge in [-0.2, -0.15) is 0 Å². The van der Waals surface area contributed by atoms with Crippen LogP contribution in [0, 0.1) is 5.92 Å². The van der Waals surface area contributed by atoms with Gasteiger partial charge in [0.15, 0.2) is 5.76 Å². The van der Waals surface area contributed by atoms with Crippen molar-refractivity contribution in [3.8, 4) is 0 Å². The molecule has 3 heteroatoms. The summed E-state index contributed by atoms with van der Waals surface area (Å²) >= 11 is 0. The molecule has 1 aliphatic carbocycles. The van der Waals surface area contributed by atoms with Gasteiger partial charge in [0.05, 0.1) is 5.69 Å². The van der Waals surface area contributed by atoms with E-state index in [1.807, 2.05) is 48.6 Å². The molecule has 0 fully saturated rings. The molecule has 1 aliphatic rings. The fourth-order valence-electron chi connectivity index (χ4n) is 2.23. The molecule has 1 unspecified atom stereocenters. The Morgan fingerprint density at radius 2 is 2.05 bits per heavy atom. The van der Waals surface area contributed by atoms with Gasteiger partial charge >= 0.3 is 0 Å². The maximum Gasteiger partial charge on any atom is 0.230 e. The Morgan fingerprint density at radius 1 is 1.25 bits per heavy atom. The normalized spacial score (nSPS) is 18.1. The molecule has 100 valence electrons. The molecule has 3 nitrogen and oxygen atoms in total. The Bertz CT molecular complexity index is 762. The summed E-state index contributed by atoms with van der Waals surface area (Å²) in [6, 6.07) is 7.39. The van der Waals surface area contributed by atoms with Crippen LogP contribution in [-0.4, -0.2) is 5.78 Å². The number of furan rings is 1. The lowest BCUT2D eigenvalue weighted by molar-refractivity contribution is 0.101. The molecule has 0 bridgehead atoms. The van der Waals surface area contributed by atoms with Gasteiger partial charge in [-0.15, -0.1) is 0 Å². The monoisotopic (exact) mass is 265 g/mol. The van der Waals surface area contributed by atoms with Crippen molar-refractivity contribution in [2.45, 2.75) is 6.92 Å². The smallest absolute Gasteiger partial charge is 0.230 e. The Kier molecular flexibility index (Phi) is 3.03. The fraction of sp³-hybridized carbons (Fsp3) is 0.118. The third-order valence-corrected chi connectivity index (χ3v) is 3.37. The van der Waals surface area contributed by atoms with Crippen LogP contribution in [0.2, 0.25) is 0 Å². The molecule has 2 N–H and O–H groups in total. The van der Waals surface area contributed by atoms with Crippen molar-refractivity contribution in [1.29, 1.82) is 0 Å². The first-order chi connectivity index (χ1) is 9.66. The number of hydrogen-bond donors (Lipinski definition) is 1. The molecule has 1 aromatic heterocycles. The Balaban J connectivity index is 2.05. The Labute approximate surface area is 117 Å². The van der Waals surface area contributed by atoms with Crippen LogP contribution in [-0.2, 0) is 0 Å². The van der Waals surface area contributed by atoms with Crippen LogP contribution >= 0.6 is 0 Å². The minimum absolute atomic E-state index is 0.186. The number of carbonyl (C=O) groups is 1. The van der Waals surface area contributed by atoms with E-state index in [0.717, 1.165) is 5.39 Å². The van der Waals surface area contributed by atoms with Crippen LogP contribution in [0.5, 0.6) is 0 Å². The number of ketones is 1. The first-order valence-electron chi connectivity index (χ1n) is 6.55. The van der Waals surface area contributed by atoms with E-state index in [1.54, 1.807) is 6.08 Å². The number of fused-ring (bicyclic) bond motifs is 1. The van der Waals surface area contributed by atoms with E-state index in [2.05, 4.69) is 6.92 Å². The van der Waals surface area contributed by atoms with Crippen LogP contribution in [0.1, 0.15) is 17.5 Å². The topological polar surface area (TPSA) is 56.2 Å². The van der Waals surface area contributed by atoms with Crippen molar-refractivity contribution in [2.75, 3.05) is 5.73 Å². The molecule has 0 amide bonds. The van der Waals surface area contributed by atoms with Crippen molar-refractivity contribution in [1.82, 2.24) is 0 Å². The molecule has 0 saturated carbocycles. The molecule has 1 heterocycles. The molecule has 1 atom stereocenters. The average molecular weight is 265 g/mol. The summed E-state index contributed by atoms with van der Waals surface area (Å²) < 4.78 is 5.61.